The lowest BCUT2D eigenvalue weighted by molar-refractivity contribution is -0.105. The van der Waals surface area contributed by atoms with Gasteiger partial charge in [-0.2, -0.15) is 0 Å². The first-order valence-corrected chi connectivity index (χ1v) is 15.7. The number of fused-ring (bicyclic) bond motifs is 1. The quantitative estimate of drug-likeness (QED) is 0.265. The van der Waals surface area contributed by atoms with Crippen LogP contribution in [0.3, 0.4) is 0 Å². The van der Waals surface area contributed by atoms with Crippen LogP contribution in [-0.4, -0.2) is 36.6 Å². The standard InChI is InChI=1S/C35H40BrNO4/c1-23-17-18-37(22-23)35(3,4)41-28-13-11-25(12-14-28)34-33(26-8-7-9-27(36)20-26)24(2)30-21-29(15-16-31(30)40-34)39-32-10-5-6-19-38-32/h7-9,11-16,20-21,23,32,34H,5-6,10,17-19,22H2,1-4H3/t23-,32?,34+/m1/s1. The monoisotopic (exact) mass is 617 g/mol. The van der Waals surface area contributed by atoms with E-state index in [0.717, 1.165) is 82.9 Å². The molecular formula is C35H40BrNO4. The third-order valence-corrected chi connectivity index (χ3v) is 9.04. The molecular weight excluding hydrogens is 578 g/mol. The molecule has 216 valence electrons. The van der Waals surface area contributed by atoms with Crippen LogP contribution in [0.15, 0.2) is 71.2 Å². The van der Waals surface area contributed by atoms with Crippen LogP contribution in [-0.2, 0) is 4.74 Å². The molecule has 41 heavy (non-hydrogen) atoms. The van der Waals surface area contributed by atoms with Gasteiger partial charge >= 0.3 is 0 Å². The normalized spacial score (nSPS) is 23.2. The minimum atomic E-state index is -0.354. The molecule has 3 aromatic rings. The predicted molar refractivity (Wildman–Crippen MR) is 167 cm³/mol. The Balaban J connectivity index is 1.30. The van der Waals surface area contributed by atoms with Gasteiger partial charge in [0, 0.05) is 35.1 Å². The average molecular weight is 619 g/mol. The zero-order valence-corrected chi connectivity index (χ0v) is 26.1. The SMILES string of the molecule is CC1=C(c2cccc(Br)c2)[C@H](c2ccc(OC(C)(C)N3CC[C@@H](C)C3)cc2)Oc2ccc(OC3CCCCO3)cc21. The summed E-state index contributed by atoms with van der Waals surface area (Å²) in [5.41, 5.74) is 5.22. The van der Waals surface area contributed by atoms with E-state index in [9.17, 15) is 0 Å². The van der Waals surface area contributed by atoms with Crippen molar-refractivity contribution in [3.05, 3.63) is 87.9 Å². The summed E-state index contributed by atoms with van der Waals surface area (Å²) >= 11 is 3.67. The number of hydrogen-bond acceptors (Lipinski definition) is 5. The number of allylic oxidation sites excluding steroid dienone is 1. The van der Waals surface area contributed by atoms with E-state index in [4.69, 9.17) is 18.9 Å². The predicted octanol–water partition coefficient (Wildman–Crippen LogP) is 8.88. The fourth-order valence-corrected chi connectivity index (χ4v) is 6.61. The number of benzene rings is 3. The molecule has 0 aliphatic carbocycles. The average Bonchev–Trinajstić information content (AvgIpc) is 3.41. The van der Waals surface area contributed by atoms with E-state index >= 15 is 0 Å². The summed E-state index contributed by atoms with van der Waals surface area (Å²) in [7, 11) is 0. The van der Waals surface area contributed by atoms with Crippen molar-refractivity contribution >= 4 is 27.1 Å². The van der Waals surface area contributed by atoms with Crippen molar-refractivity contribution in [3.8, 4) is 17.2 Å². The number of ether oxygens (including phenoxy) is 4. The second-order valence-electron chi connectivity index (χ2n) is 12.1. The van der Waals surface area contributed by atoms with Crippen LogP contribution in [0.1, 0.15) is 76.2 Å². The van der Waals surface area contributed by atoms with Gasteiger partial charge in [-0.15, -0.1) is 0 Å². The van der Waals surface area contributed by atoms with E-state index in [0.29, 0.717) is 5.92 Å². The van der Waals surface area contributed by atoms with Gasteiger partial charge in [-0.05, 0) is 105 Å². The van der Waals surface area contributed by atoms with Crippen molar-refractivity contribution in [1.82, 2.24) is 4.90 Å². The maximum Gasteiger partial charge on any atom is 0.199 e. The van der Waals surface area contributed by atoms with E-state index in [-0.39, 0.29) is 18.1 Å². The number of halogens is 1. The molecule has 3 aliphatic rings. The van der Waals surface area contributed by atoms with Gasteiger partial charge < -0.3 is 18.9 Å². The number of nitrogens with zero attached hydrogens (tertiary/aromatic N) is 1. The molecule has 0 amide bonds. The molecule has 0 saturated carbocycles. The van der Waals surface area contributed by atoms with Crippen LogP contribution < -0.4 is 14.2 Å². The second-order valence-corrected chi connectivity index (χ2v) is 13.0. The van der Waals surface area contributed by atoms with Crippen molar-refractivity contribution in [2.24, 2.45) is 5.92 Å². The third kappa shape index (κ3) is 6.20. The minimum absolute atomic E-state index is 0.188. The highest BCUT2D eigenvalue weighted by molar-refractivity contribution is 9.10. The summed E-state index contributed by atoms with van der Waals surface area (Å²) in [6.07, 6.45) is 3.92. The largest absolute Gasteiger partial charge is 0.480 e. The second kappa shape index (κ2) is 11.8. The van der Waals surface area contributed by atoms with E-state index in [2.05, 4.69) is 103 Å². The van der Waals surface area contributed by atoms with Gasteiger partial charge in [-0.1, -0.05) is 47.1 Å². The van der Waals surface area contributed by atoms with Gasteiger partial charge in [0.05, 0.1) is 6.61 Å². The van der Waals surface area contributed by atoms with Gasteiger partial charge in [0.15, 0.2) is 12.0 Å². The molecule has 0 N–H and O–H groups in total. The zero-order valence-electron chi connectivity index (χ0n) is 24.5. The lowest BCUT2D eigenvalue weighted by atomic mass is 9.86. The molecule has 6 heteroatoms. The third-order valence-electron chi connectivity index (χ3n) is 8.54. The van der Waals surface area contributed by atoms with Crippen molar-refractivity contribution in [3.63, 3.8) is 0 Å². The number of rotatable bonds is 7. The van der Waals surface area contributed by atoms with Crippen molar-refractivity contribution in [1.29, 1.82) is 0 Å². The van der Waals surface area contributed by atoms with Crippen LogP contribution in [0, 0.1) is 5.92 Å². The Kier molecular flexibility index (Phi) is 8.17. The Morgan fingerprint density at radius 1 is 0.951 bits per heavy atom. The number of likely N-dealkylation sites (tertiary alicyclic amines) is 1. The van der Waals surface area contributed by atoms with Crippen LogP contribution in [0.25, 0.3) is 11.1 Å². The van der Waals surface area contributed by atoms with Gasteiger partial charge in [0.25, 0.3) is 0 Å². The van der Waals surface area contributed by atoms with Gasteiger partial charge in [0.2, 0.25) is 0 Å². The molecule has 2 saturated heterocycles. The van der Waals surface area contributed by atoms with Crippen molar-refractivity contribution in [2.45, 2.75) is 71.5 Å². The summed E-state index contributed by atoms with van der Waals surface area (Å²) < 4.78 is 26.3. The zero-order chi connectivity index (χ0) is 28.6. The Labute approximate surface area is 252 Å². The smallest absolute Gasteiger partial charge is 0.199 e. The highest BCUT2D eigenvalue weighted by Gasteiger charge is 2.34. The van der Waals surface area contributed by atoms with Crippen LogP contribution in [0.4, 0.5) is 0 Å². The first kappa shape index (κ1) is 28.3. The molecule has 3 aliphatic heterocycles. The van der Waals surface area contributed by atoms with Gasteiger partial charge in [-0.25, -0.2) is 0 Å². The van der Waals surface area contributed by atoms with Gasteiger partial charge in [0.1, 0.15) is 23.4 Å². The molecule has 6 rings (SSSR count). The van der Waals surface area contributed by atoms with Crippen molar-refractivity contribution < 1.29 is 18.9 Å². The molecule has 1 unspecified atom stereocenters. The highest BCUT2D eigenvalue weighted by atomic mass is 79.9. The maximum atomic E-state index is 6.77. The minimum Gasteiger partial charge on any atom is -0.480 e. The van der Waals surface area contributed by atoms with Crippen LogP contribution in [0.5, 0.6) is 17.2 Å². The molecule has 5 nitrogen and oxygen atoms in total. The fourth-order valence-electron chi connectivity index (χ4n) is 6.21. The lowest BCUT2D eigenvalue weighted by Crippen LogP contribution is -2.47. The van der Waals surface area contributed by atoms with E-state index in [1.54, 1.807) is 0 Å². The summed E-state index contributed by atoms with van der Waals surface area (Å²) in [6.45, 7) is 11.7. The Morgan fingerprint density at radius 2 is 1.76 bits per heavy atom. The van der Waals surface area contributed by atoms with E-state index in [1.165, 1.54) is 12.0 Å². The molecule has 0 spiro atoms. The Hall–Kier alpha value is -2.80. The first-order valence-electron chi connectivity index (χ1n) is 14.9. The molecule has 0 radical (unpaired) electrons. The molecule has 3 heterocycles. The topological polar surface area (TPSA) is 40.2 Å². The summed E-state index contributed by atoms with van der Waals surface area (Å²) in [5.74, 6) is 3.24. The lowest BCUT2D eigenvalue weighted by Gasteiger charge is -2.36. The van der Waals surface area contributed by atoms with Gasteiger partial charge in [-0.3, -0.25) is 4.90 Å². The van der Waals surface area contributed by atoms with Crippen LogP contribution in [0.2, 0.25) is 0 Å². The van der Waals surface area contributed by atoms with Crippen LogP contribution >= 0.6 is 15.9 Å². The molecule has 3 aromatic carbocycles. The summed E-state index contributed by atoms with van der Waals surface area (Å²) in [6, 6.07) is 23.0. The Morgan fingerprint density at radius 3 is 2.46 bits per heavy atom. The van der Waals surface area contributed by atoms with Crippen molar-refractivity contribution in [2.75, 3.05) is 19.7 Å². The summed E-state index contributed by atoms with van der Waals surface area (Å²) in [4.78, 5) is 2.43. The first-order chi connectivity index (χ1) is 19.8. The Bertz CT molecular complexity index is 1410. The molecule has 2 fully saturated rings. The molecule has 3 atom stereocenters. The molecule has 0 bridgehead atoms. The fraction of sp³-hybridized carbons (Fsp3) is 0.429. The van der Waals surface area contributed by atoms with E-state index in [1.807, 2.05) is 12.1 Å². The number of hydrogen-bond donors (Lipinski definition) is 0. The molecule has 0 aromatic heterocycles. The summed E-state index contributed by atoms with van der Waals surface area (Å²) in [5, 5.41) is 0. The maximum absolute atomic E-state index is 6.77. The van der Waals surface area contributed by atoms with E-state index < -0.39 is 0 Å². The highest BCUT2D eigenvalue weighted by Crippen LogP contribution is 2.48.